The summed E-state index contributed by atoms with van der Waals surface area (Å²) < 4.78 is 0. The molecule has 1 aliphatic rings. The minimum Gasteiger partial charge on any atom is -0.295 e. The molecule has 0 saturated heterocycles. The van der Waals surface area contributed by atoms with Crippen LogP contribution in [0.4, 0.5) is 0 Å². The number of carbonyl (C=O) groups excluding carboxylic acids is 1. The Morgan fingerprint density at radius 3 is 3.00 bits per heavy atom. The molecule has 0 fully saturated rings. The van der Waals surface area contributed by atoms with E-state index in [4.69, 9.17) is 0 Å². The van der Waals surface area contributed by atoms with Gasteiger partial charge >= 0.3 is 0 Å². The second kappa shape index (κ2) is 5.48. The Hall–Kier alpha value is -0.240. The zero-order chi connectivity index (χ0) is 9.68. The van der Waals surface area contributed by atoms with Gasteiger partial charge in [-0.25, -0.2) is 0 Å². The maximum atomic E-state index is 11.5. The normalized spacial score (nSPS) is 19.8. The van der Waals surface area contributed by atoms with Crippen LogP contribution < -0.4 is 0 Å². The summed E-state index contributed by atoms with van der Waals surface area (Å²) in [5.41, 5.74) is 1.07. The molecule has 0 aromatic heterocycles. The van der Waals surface area contributed by atoms with Gasteiger partial charge in [-0.3, -0.25) is 4.79 Å². The summed E-state index contributed by atoms with van der Waals surface area (Å²) >= 11 is 1.90. The highest BCUT2D eigenvalue weighted by Gasteiger charge is 2.18. The molecule has 1 aliphatic carbocycles. The number of allylic oxidation sites excluding steroid dienone is 1. The van der Waals surface area contributed by atoms with Crippen molar-refractivity contribution in [2.75, 3.05) is 5.75 Å². The summed E-state index contributed by atoms with van der Waals surface area (Å²) in [5.74, 6) is 1.54. The lowest BCUT2D eigenvalue weighted by Crippen LogP contribution is -2.15. The van der Waals surface area contributed by atoms with Gasteiger partial charge in [-0.15, -0.1) is 0 Å². The van der Waals surface area contributed by atoms with Crippen LogP contribution in [-0.2, 0) is 4.79 Å². The maximum absolute atomic E-state index is 11.5. The summed E-state index contributed by atoms with van der Waals surface area (Å²) in [6.07, 6.45) is 6.24. The second-order valence-electron chi connectivity index (χ2n) is 3.49. The summed E-state index contributed by atoms with van der Waals surface area (Å²) in [6.45, 7) is 4.33. The molecule has 0 amide bonds. The van der Waals surface area contributed by atoms with E-state index < -0.39 is 0 Å². The quantitative estimate of drug-likeness (QED) is 0.690. The van der Waals surface area contributed by atoms with Gasteiger partial charge in [-0.1, -0.05) is 13.0 Å². The molecule has 0 heterocycles. The smallest absolute Gasteiger partial charge is 0.159 e. The van der Waals surface area contributed by atoms with E-state index in [1.54, 1.807) is 0 Å². The lowest BCUT2D eigenvalue weighted by atomic mass is 9.96. The Kier molecular flexibility index (Phi) is 4.57. The van der Waals surface area contributed by atoms with E-state index in [2.05, 4.69) is 19.9 Å². The molecule has 74 valence electrons. The van der Waals surface area contributed by atoms with Crippen LogP contribution in [-0.4, -0.2) is 16.8 Å². The molecular weight excluding hydrogens is 180 g/mol. The van der Waals surface area contributed by atoms with Gasteiger partial charge in [0, 0.05) is 17.2 Å². The van der Waals surface area contributed by atoms with Crippen molar-refractivity contribution in [3.05, 3.63) is 11.6 Å². The van der Waals surface area contributed by atoms with E-state index in [9.17, 15) is 4.79 Å². The lowest BCUT2D eigenvalue weighted by Gasteiger charge is -2.17. The average molecular weight is 198 g/mol. The van der Waals surface area contributed by atoms with Gasteiger partial charge in [0.1, 0.15) is 0 Å². The number of hydrogen-bond donors (Lipinski definition) is 0. The average Bonchev–Trinajstić information content (AvgIpc) is 2.15. The Labute approximate surface area is 85.0 Å². The molecule has 1 nitrogen and oxygen atoms in total. The largest absolute Gasteiger partial charge is 0.295 e. The fraction of sp³-hybridized carbons (Fsp3) is 0.727. The number of rotatable bonds is 4. The van der Waals surface area contributed by atoms with Crippen LogP contribution in [0.25, 0.3) is 0 Å². The first-order valence-corrected chi connectivity index (χ1v) is 6.15. The van der Waals surface area contributed by atoms with E-state index in [0.29, 0.717) is 11.0 Å². The molecule has 2 heteroatoms. The SMILES string of the molecule is CCCSC(C)C1=CCCCC1=O. The highest BCUT2D eigenvalue weighted by molar-refractivity contribution is 8.00. The summed E-state index contributed by atoms with van der Waals surface area (Å²) in [5, 5.41) is 0.410. The van der Waals surface area contributed by atoms with Crippen LogP contribution >= 0.6 is 11.8 Å². The standard InChI is InChI=1S/C11H18OS/c1-3-8-13-9(2)10-6-4-5-7-11(10)12/h6,9H,3-5,7-8H2,1-2H3. The molecule has 1 unspecified atom stereocenters. The maximum Gasteiger partial charge on any atom is 0.159 e. The van der Waals surface area contributed by atoms with Crippen molar-refractivity contribution >= 4 is 17.5 Å². The Balaban J connectivity index is 2.48. The van der Waals surface area contributed by atoms with Crippen molar-refractivity contribution in [2.45, 2.75) is 44.8 Å². The van der Waals surface area contributed by atoms with Gasteiger partial charge in [0.25, 0.3) is 0 Å². The van der Waals surface area contributed by atoms with Crippen molar-refractivity contribution < 1.29 is 4.79 Å². The molecule has 0 aliphatic heterocycles. The summed E-state index contributed by atoms with van der Waals surface area (Å²) in [6, 6.07) is 0. The zero-order valence-corrected chi connectivity index (χ0v) is 9.32. The van der Waals surface area contributed by atoms with Gasteiger partial charge in [-0.05, 0) is 31.9 Å². The first-order valence-electron chi connectivity index (χ1n) is 5.10. The van der Waals surface area contributed by atoms with E-state index >= 15 is 0 Å². The Morgan fingerprint density at radius 2 is 2.38 bits per heavy atom. The molecule has 0 spiro atoms. The minimum absolute atomic E-state index is 0.377. The number of thioether (sulfide) groups is 1. The highest BCUT2D eigenvalue weighted by Crippen LogP contribution is 2.25. The molecule has 0 radical (unpaired) electrons. The fourth-order valence-electron chi connectivity index (χ4n) is 1.56. The molecule has 13 heavy (non-hydrogen) atoms. The first-order chi connectivity index (χ1) is 6.25. The number of hydrogen-bond acceptors (Lipinski definition) is 2. The Morgan fingerprint density at radius 1 is 1.62 bits per heavy atom. The molecule has 0 aromatic rings. The third-order valence-electron chi connectivity index (χ3n) is 2.30. The van der Waals surface area contributed by atoms with Crippen LogP contribution in [0, 0.1) is 0 Å². The third kappa shape index (κ3) is 3.18. The van der Waals surface area contributed by atoms with Gasteiger partial charge in [0.2, 0.25) is 0 Å². The molecule has 1 rings (SSSR count). The zero-order valence-electron chi connectivity index (χ0n) is 8.51. The van der Waals surface area contributed by atoms with Crippen molar-refractivity contribution in [2.24, 2.45) is 0 Å². The third-order valence-corrected chi connectivity index (χ3v) is 3.70. The minimum atomic E-state index is 0.377. The molecule has 0 aromatic carbocycles. The summed E-state index contributed by atoms with van der Waals surface area (Å²) in [4.78, 5) is 11.5. The highest BCUT2D eigenvalue weighted by atomic mass is 32.2. The fourth-order valence-corrected chi connectivity index (χ4v) is 2.55. The van der Waals surface area contributed by atoms with Gasteiger partial charge in [0.15, 0.2) is 5.78 Å². The van der Waals surface area contributed by atoms with Crippen molar-refractivity contribution in [1.82, 2.24) is 0 Å². The van der Waals surface area contributed by atoms with Crippen molar-refractivity contribution in [3.63, 3.8) is 0 Å². The van der Waals surface area contributed by atoms with Gasteiger partial charge in [-0.2, -0.15) is 11.8 Å². The van der Waals surface area contributed by atoms with Gasteiger partial charge in [0.05, 0.1) is 0 Å². The van der Waals surface area contributed by atoms with Crippen molar-refractivity contribution in [3.8, 4) is 0 Å². The number of carbonyl (C=O) groups is 1. The lowest BCUT2D eigenvalue weighted by molar-refractivity contribution is -0.116. The topological polar surface area (TPSA) is 17.1 Å². The summed E-state index contributed by atoms with van der Waals surface area (Å²) in [7, 11) is 0. The molecule has 1 atom stereocenters. The van der Waals surface area contributed by atoms with Crippen LogP contribution in [0.2, 0.25) is 0 Å². The Bertz CT molecular complexity index is 208. The van der Waals surface area contributed by atoms with Crippen LogP contribution in [0.15, 0.2) is 11.6 Å². The number of Topliss-reactive ketones (excluding diaryl/α,β-unsaturated/α-hetero) is 1. The van der Waals surface area contributed by atoms with Gasteiger partial charge < -0.3 is 0 Å². The predicted octanol–water partition coefficient (Wildman–Crippen LogP) is 3.20. The van der Waals surface area contributed by atoms with E-state index in [0.717, 1.165) is 30.6 Å². The van der Waals surface area contributed by atoms with Crippen molar-refractivity contribution in [1.29, 1.82) is 0 Å². The molecule has 0 N–H and O–H groups in total. The van der Waals surface area contributed by atoms with Crippen LogP contribution in [0.5, 0.6) is 0 Å². The molecule has 0 bridgehead atoms. The monoisotopic (exact) mass is 198 g/mol. The molecular formula is C11H18OS. The van der Waals surface area contributed by atoms with E-state index in [-0.39, 0.29) is 0 Å². The molecule has 0 saturated carbocycles. The number of ketones is 1. The predicted molar refractivity (Wildman–Crippen MR) is 59.2 cm³/mol. The van der Waals surface area contributed by atoms with Crippen LogP contribution in [0.3, 0.4) is 0 Å². The van der Waals surface area contributed by atoms with Crippen LogP contribution in [0.1, 0.15) is 39.5 Å². The second-order valence-corrected chi connectivity index (χ2v) is 4.94. The first kappa shape index (κ1) is 10.8. The van der Waals surface area contributed by atoms with E-state index in [1.807, 2.05) is 11.8 Å². The van der Waals surface area contributed by atoms with E-state index in [1.165, 1.54) is 6.42 Å².